The Labute approximate surface area is 113 Å². The van der Waals surface area contributed by atoms with Crippen molar-refractivity contribution < 1.29 is 14.3 Å². The van der Waals surface area contributed by atoms with E-state index in [0.29, 0.717) is 18.1 Å². The minimum atomic E-state index is -0.585. The van der Waals surface area contributed by atoms with Gasteiger partial charge in [-0.25, -0.2) is 4.79 Å². The summed E-state index contributed by atoms with van der Waals surface area (Å²) < 4.78 is 10.8. The highest BCUT2D eigenvalue weighted by Crippen LogP contribution is 2.26. The summed E-state index contributed by atoms with van der Waals surface area (Å²) in [7, 11) is 0. The lowest BCUT2D eigenvalue weighted by molar-refractivity contribution is -0.141. The number of fused-ring (bicyclic) bond motifs is 1. The molecule has 0 fully saturated rings. The average molecular weight is 261 g/mol. The van der Waals surface area contributed by atoms with Crippen molar-refractivity contribution in [2.75, 3.05) is 6.61 Å². The number of nitrogens with two attached hydrogens (primary N) is 1. The molecule has 0 spiro atoms. The predicted octanol–water partition coefficient (Wildman–Crippen LogP) is 2.34. The molecule has 1 aliphatic heterocycles. The first-order valence-corrected chi connectivity index (χ1v) is 6.46. The second kappa shape index (κ2) is 5.89. The van der Waals surface area contributed by atoms with E-state index in [-0.39, 0.29) is 6.61 Å². The Bertz CT molecular complexity index is 494. The van der Waals surface area contributed by atoms with E-state index >= 15 is 0 Å². The normalized spacial score (nSPS) is 15.3. The van der Waals surface area contributed by atoms with E-state index in [4.69, 9.17) is 15.2 Å². The molecule has 0 aliphatic carbocycles. The van der Waals surface area contributed by atoms with Crippen LogP contribution in [0.25, 0.3) is 6.08 Å². The van der Waals surface area contributed by atoms with Crippen LogP contribution in [0.2, 0.25) is 0 Å². The van der Waals surface area contributed by atoms with Crippen LogP contribution in [0.15, 0.2) is 30.0 Å². The molecule has 1 aliphatic rings. The highest BCUT2D eigenvalue weighted by Gasteiger charge is 2.20. The van der Waals surface area contributed by atoms with Crippen LogP contribution in [0.5, 0.6) is 5.75 Å². The maximum Gasteiger partial charge on any atom is 0.328 e. The Morgan fingerprint density at radius 3 is 2.89 bits per heavy atom. The summed E-state index contributed by atoms with van der Waals surface area (Å²) in [6, 6.07) is 7.03. The first-order chi connectivity index (χ1) is 9.06. The van der Waals surface area contributed by atoms with Crippen molar-refractivity contribution in [2.24, 2.45) is 11.7 Å². The monoisotopic (exact) mass is 261 g/mol. The second-order valence-corrected chi connectivity index (χ2v) is 5.09. The second-order valence-electron chi connectivity index (χ2n) is 5.09. The first-order valence-electron chi connectivity index (χ1n) is 6.46. The third-order valence-electron chi connectivity index (χ3n) is 2.87. The zero-order valence-electron chi connectivity index (χ0n) is 11.3. The van der Waals surface area contributed by atoms with Gasteiger partial charge in [-0.3, -0.25) is 0 Å². The molecule has 0 amide bonds. The summed E-state index contributed by atoms with van der Waals surface area (Å²) in [5.74, 6) is 1.26. The van der Waals surface area contributed by atoms with E-state index in [1.54, 1.807) is 0 Å². The van der Waals surface area contributed by atoms with Gasteiger partial charge in [0, 0.05) is 5.56 Å². The van der Waals surface area contributed by atoms with Gasteiger partial charge in [-0.2, -0.15) is 0 Å². The summed E-state index contributed by atoms with van der Waals surface area (Å²) in [5.41, 5.74) is 6.70. The van der Waals surface area contributed by atoms with E-state index in [1.807, 2.05) is 44.2 Å². The molecule has 1 aromatic carbocycles. The molecule has 0 radical (unpaired) electrons. The Balaban J connectivity index is 2.01. The zero-order valence-corrected chi connectivity index (χ0v) is 11.3. The molecule has 4 heteroatoms. The molecule has 1 atom stereocenters. The summed E-state index contributed by atoms with van der Waals surface area (Å²) in [6.07, 6.45) is 2.43. The molecule has 102 valence electrons. The molecular weight excluding hydrogens is 242 g/mol. The van der Waals surface area contributed by atoms with Crippen LogP contribution in [-0.4, -0.2) is 18.6 Å². The van der Waals surface area contributed by atoms with E-state index in [2.05, 4.69) is 0 Å². The number of hydrogen-bond donors (Lipinski definition) is 1. The maximum absolute atomic E-state index is 11.8. The fourth-order valence-corrected chi connectivity index (χ4v) is 1.96. The van der Waals surface area contributed by atoms with Crippen molar-refractivity contribution in [3.63, 3.8) is 0 Å². The van der Waals surface area contributed by atoms with Gasteiger partial charge in [0.25, 0.3) is 0 Å². The van der Waals surface area contributed by atoms with Crippen molar-refractivity contribution >= 4 is 12.0 Å². The molecule has 4 nitrogen and oxygen atoms in total. The Hall–Kier alpha value is -1.81. The van der Waals surface area contributed by atoms with Crippen molar-refractivity contribution in [3.05, 3.63) is 35.6 Å². The van der Waals surface area contributed by atoms with Crippen LogP contribution >= 0.6 is 0 Å². The number of carbonyl (C=O) groups is 1. The Morgan fingerprint density at radius 2 is 2.16 bits per heavy atom. The van der Waals surface area contributed by atoms with Crippen LogP contribution in [0, 0.1) is 5.92 Å². The number of ether oxygens (including phenoxy) is 2. The number of para-hydroxylation sites is 1. The zero-order chi connectivity index (χ0) is 13.8. The highest BCUT2D eigenvalue weighted by atomic mass is 16.6. The van der Waals surface area contributed by atoms with E-state index in [1.165, 1.54) is 0 Å². The summed E-state index contributed by atoms with van der Waals surface area (Å²) in [6.45, 7) is 4.30. The van der Waals surface area contributed by atoms with Gasteiger partial charge in [0.15, 0.2) is 0 Å². The fraction of sp³-hybridized carbons (Fsp3) is 0.400. The first kappa shape index (κ1) is 13.6. The number of benzene rings is 1. The summed E-state index contributed by atoms with van der Waals surface area (Å²) >= 11 is 0. The third-order valence-corrected chi connectivity index (χ3v) is 2.87. The molecule has 2 N–H and O–H groups in total. The molecule has 0 bridgehead atoms. The SMILES string of the molecule is CC(C)C[C@H](N)C(=O)OC1=Cc2ccccc2OC1. The van der Waals surface area contributed by atoms with Crippen LogP contribution in [0.1, 0.15) is 25.8 Å². The van der Waals surface area contributed by atoms with E-state index in [9.17, 15) is 4.79 Å². The quantitative estimate of drug-likeness (QED) is 0.845. The van der Waals surface area contributed by atoms with Gasteiger partial charge in [-0.1, -0.05) is 32.0 Å². The standard InChI is InChI=1S/C15H19NO3/c1-10(2)7-13(16)15(17)19-12-8-11-5-3-4-6-14(11)18-9-12/h3-6,8,10,13H,7,9,16H2,1-2H3/t13-/m0/s1. The third kappa shape index (κ3) is 3.58. The molecule has 0 saturated heterocycles. The average Bonchev–Trinajstić information content (AvgIpc) is 2.37. The largest absolute Gasteiger partial charge is 0.485 e. The number of carbonyl (C=O) groups excluding carboxylic acids is 1. The number of rotatable bonds is 4. The van der Waals surface area contributed by atoms with Crippen molar-refractivity contribution in [3.8, 4) is 5.75 Å². The summed E-state index contributed by atoms with van der Waals surface area (Å²) in [5, 5.41) is 0. The lowest BCUT2D eigenvalue weighted by Gasteiger charge is -2.19. The fourth-order valence-electron chi connectivity index (χ4n) is 1.96. The van der Waals surface area contributed by atoms with Gasteiger partial charge < -0.3 is 15.2 Å². The van der Waals surface area contributed by atoms with E-state index < -0.39 is 12.0 Å². The van der Waals surface area contributed by atoms with E-state index in [0.717, 1.165) is 11.3 Å². The minimum absolute atomic E-state index is 0.261. The lowest BCUT2D eigenvalue weighted by Crippen LogP contribution is -2.34. The van der Waals surface area contributed by atoms with Crippen molar-refractivity contribution in [1.29, 1.82) is 0 Å². The van der Waals surface area contributed by atoms with Crippen LogP contribution in [-0.2, 0) is 9.53 Å². The number of hydrogen-bond acceptors (Lipinski definition) is 4. The molecule has 0 unspecified atom stereocenters. The Morgan fingerprint density at radius 1 is 1.42 bits per heavy atom. The molecule has 19 heavy (non-hydrogen) atoms. The van der Waals surface area contributed by atoms with Crippen LogP contribution in [0.4, 0.5) is 0 Å². The van der Waals surface area contributed by atoms with Gasteiger partial charge in [0.05, 0.1) is 0 Å². The minimum Gasteiger partial charge on any atom is -0.485 e. The van der Waals surface area contributed by atoms with Gasteiger partial charge in [0.2, 0.25) is 0 Å². The lowest BCUT2D eigenvalue weighted by atomic mass is 10.0. The van der Waals surface area contributed by atoms with Crippen molar-refractivity contribution in [2.45, 2.75) is 26.3 Å². The predicted molar refractivity (Wildman–Crippen MR) is 73.4 cm³/mol. The smallest absolute Gasteiger partial charge is 0.328 e. The number of esters is 1. The molecule has 0 saturated carbocycles. The van der Waals surface area contributed by atoms with Gasteiger partial charge in [-0.15, -0.1) is 0 Å². The molecule has 2 rings (SSSR count). The van der Waals surface area contributed by atoms with Crippen LogP contribution < -0.4 is 10.5 Å². The molecule has 1 aromatic rings. The Kier molecular flexibility index (Phi) is 4.22. The highest BCUT2D eigenvalue weighted by molar-refractivity contribution is 5.77. The van der Waals surface area contributed by atoms with Gasteiger partial charge >= 0.3 is 5.97 Å². The molecule has 1 heterocycles. The topological polar surface area (TPSA) is 61.6 Å². The van der Waals surface area contributed by atoms with Crippen LogP contribution in [0.3, 0.4) is 0 Å². The molecule has 0 aromatic heterocycles. The summed E-state index contributed by atoms with van der Waals surface area (Å²) in [4.78, 5) is 11.8. The van der Waals surface area contributed by atoms with Crippen molar-refractivity contribution in [1.82, 2.24) is 0 Å². The van der Waals surface area contributed by atoms with Gasteiger partial charge in [-0.05, 0) is 24.5 Å². The maximum atomic E-state index is 11.8. The molecular formula is C15H19NO3. The van der Waals surface area contributed by atoms with Gasteiger partial charge in [0.1, 0.15) is 24.2 Å².